The highest BCUT2D eigenvalue weighted by Gasteiger charge is 2.11. The van der Waals surface area contributed by atoms with Crippen molar-refractivity contribution in [2.24, 2.45) is 0 Å². The van der Waals surface area contributed by atoms with E-state index in [9.17, 15) is 0 Å². The minimum Gasteiger partial charge on any atom is -0.454 e. The van der Waals surface area contributed by atoms with Gasteiger partial charge < -0.3 is 14.6 Å². The molecule has 90 valence electrons. The maximum Gasteiger partial charge on any atom is 0.231 e. The standard InChI is InChI=1S/C15H12O3/c16-10-6-4-2-1-3-5-7-13-8-9-14-15(11-13)18-12-17-14/h1,3,8-9,11,16H,6,10,12H2/b3-1-. The number of allylic oxidation sites excluding steroid dienone is 2. The second kappa shape index (κ2) is 6.39. The summed E-state index contributed by atoms with van der Waals surface area (Å²) in [4.78, 5) is 0. The molecular weight excluding hydrogens is 228 g/mol. The third-order valence-electron chi connectivity index (χ3n) is 2.18. The zero-order valence-corrected chi connectivity index (χ0v) is 9.77. The zero-order chi connectivity index (χ0) is 12.6. The molecule has 3 nitrogen and oxygen atoms in total. The zero-order valence-electron chi connectivity index (χ0n) is 9.77. The van der Waals surface area contributed by atoms with E-state index in [1.807, 2.05) is 18.2 Å². The number of rotatable bonds is 1. The molecule has 1 aromatic carbocycles. The van der Waals surface area contributed by atoms with Gasteiger partial charge in [0, 0.05) is 12.0 Å². The van der Waals surface area contributed by atoms with Crippen molar-refractivity contribution >= 4 is 0 Å². The topological polar surface area (TPSA) is 38.7 Å². The van der Waals surface area contributed by atoms with Crippen LogP contribution in [0.3, 0.4) is 0 Å². The van der Waals surface area contributed by atoms with Gasteiger partial charge in [0.2, 0.25) is 6.79 Å². The van der Waals surface area contributed by atoms with Crippen molar-refractivity contribution in [1.82, 2.24) is 0 Å². The van der Waals surface area contributed by atoms with Crippen molar-refractivity contribution in [3.8, 4) is 35.2 Å². The average Bonchev–Trinajstić information content (AvgIpc) is 2.85. The van der Waals surface area contributed by atoms with Crippen LogP contribution in [-0.2, 0) is 0 Å². The first-order valence-electron chi connectivity index (χ1n) is 5.55. The predicted octanol–water partition coefficient (Wildman–Crippen LogP) is 1.71. The molecule has 0 atom stereocenters. The van der Waals surface area contributed by atoms with Gasteiger partial charge in [-0.05, 0) is 30.4 Å². The van der Waals surface area contributed by atoms with Crippen molar-refractivity contribution in [3.63, 3.8) is 0 Å². The molecule has 0 aliphatic carbocycles. The van der Waals surface area contributed by atoms with Gasteiger partial charge in [-0.25, -0.2) is 0 Å². The second-order valence-corrected chi connectivity index (χ2v) is 3.47. The molecule has 0 aromatic heterocycles. The Morgan fingerprint density at radius 3 is 2.89 bits per heavy atom. The molecule has 1 heterocycles. The Balaban J connectivity index is 1.96. The number of aliphatic hydroxyl groups excluding tert-OH is 1. The second-order valence-electron chi connectivity index (χ2n) is 3.47. The van der Waals surface area contributed by atoms with Crippen LogP contribution in [0.1, 0.15) is 12.0 Å². The number of fused-ring (bicyclic) bond motifs is 1. The Morgan fingerprint density at radius 2 is 2.00 bits per heavy atom. The van der Waals surface area contributed by atoms with E-state index in [4.69, 9.17) is 14.6 Å². The Kier molecular flexibility index (Phi) is 4.30. The Morgan fingerprint density at radius 1 is 1.17 bits per heavy atom. The maximum absolute atomic E-state index is 8.52. The van der Waals surface area contributed by atoms with E-state index in [0.29, 0.717) is 6.42 Å². The molecule has 0 saturated carbocycles. The highest BCUT2D eigenvalue weighted by Crippen LogP contribution is 2.32. The summed E-state index contributed by atoms with van der Waals surface area (Å²) >= 11 is 0. The first-order chi connectivity index (χ1) is 8.90. The molecule has 3 heteroatoms. The summed E-state index contributed by atoms with van der Waals surface area (Å²) in [6, 6.07) is 5.57. The van der Waals surface area contributed by atoms with E-state index in [-0.39, 0.29) is 13.4 Å². The first-order valence-corrected chi connectivity index (χ1v) is 5.55. The molecule has 1 aliphatic heterocycles. The van der Waals surface area contributed by atoms with E-state index in [1.54, 1.807) is 12.2 Å². The molecule has 0 fully saturated rings. The maximum atomic E-state index is 8.52. The predicted molar refractivity (Wildman–Crippen MR) is 68.1 cm³/mol. The van der Waals surface area contributed by atoms with Crippen LogP contribution in [0.15, 0.2) is 30.4 Å². The van der Waals surface area contributed by atoms with Gasteiger partial charge in [0.1, 0.15) is 0 Å². The van der Waals surface area contributed by atoms with Crippen molar-refractivity contribution in [1.29, 1.82) is 0 Å². The molecule has 0 amide bonds. The van der Waals surface area contributed by atoms with Crippen molar-refractivity contribution in [2.75, 3.05) is 13.4 Å². The normalized spacial score (nSPS) is 11.6. The van der Waals surface area contributed by atoms with Gasteiger partial charge in [-0.3, -0.25) is 0 Å². The molecular formula is C15H12O3. The van der Waals surface area contributed by atoms with Gasteiger partial charge >= 0.3 is 0 Å². The lowest BCUT2D eigenvalue weighted by Gasteiger charge is -1.94. The first kappa shape index (κ1) is 12.1. The highest BCUT2D eigenvalue weighted by atomic mass is 16.7. The Hall–Kier alpha value is -2.36. The van der Waals surface area contributed by atoms with E-state index in [2.05, 4.69) is 23.7 Å². The number of benzene rings is 1. The van der Waals surface area contributed by atoms with E-state index >= 15 is 0 Å². The number of aliphatic hydroxyl groups is 1. The van der Waals surface area contributed by atoms with Gasteiger partial charge in [0.15, 0.2) is 11.5 Å². The lowest BCUT2D eigenvalue weighted by Crippen LogP contribution is -1.92. The van der Waals surface area contributed by atoms with Crippen LogP contribution >= 0.6 is 0 Å². The summed E-state index contributed by atoms with van der Waals surface area (Å²) in [5, 5.41) is 8.52. The lowest BCUT2D eigenvalue weighted by molar-refractivity contribution is 0.174. The molecule has 2 rings (SSSR count). The van der Waals surface area contributed by atoms with Crippen LogP contribution in [0.5, 0.6) is 11.5 Å². The van der Waals surface area contributed by atoms with Gasteiger partial charge in [0.05, 0.1) is 6.61 Å². The van der Waals surface area contributed by atoms with E-state index < -0.39 is 0 Å². The van der Waals surface area contributed by atoms with Crippen LogP contribution in [0.25, 0.3) is 0 Å². The quantitative estimate of drug-likeness (QED) is 0.759. The molecule has 0 spiro atoms. The van der Waals surface area contributed by atoms with E-state index in [0.717, 1.165) is 17.1 Å². The fourth-order valence-corrected chi connectivity index (χ4v) is 1.37. The summed E-state index contributed by atoms with van der Waals surface area (Å²) in [7, 11) is 0. The molecule has 1 N–H and O–H groups in total. The van der Waals surface area contributed by atoms with Gasteiger partial charge in [0.25, 0.3) is 0 Å². The summed E-state index contributed by atoms with van der Waals surface area (Å²) in [5.41, 5.74) is 0.868. The lowest BCUT2D eigenvalue weighted by atomic mass is 10.2. The largest absolute Gasteiger partial charge is 0.454 e. The van der Waals surface area contributed by atoms with Crippen LogP contribution in [0.4, 0.5) is 0 Å². The molecule has 1 aliphatic rings. The van der Waals surface area contributed by atoms with Crippen LogP contribution in [0.2, 0.25) is 0 Å². The van der Waals surface area contributed by atoms with E-state index in [1.165, 1.54) is 0 Å². The van der Waals surface area contributed by atoms with Crippen LogP contribution in [0, 0.1) is 23.7 Å². The van der Waals surface area contributed by atoms with Crippen molar-refractivity contribution < 1.29 is 14.6 Å². The summed E-state index contributed by atoms with van der Waals surface area (Å²) in [6.45, 7) is 0.357. The Bertz CT molecular complexity index is 565. The van der Waals surface area contributed by atoms with Crippen molar-refractivity contribution in [3.05, 3.63) is 35.9 Å². The molecule has 0 radical (unpaired) electrons. The highest BCUT2D eigenvalue weighted by molar-refractivity contribution is 5.50. The number of hydrogen-bond acceptors (Lipinski definition) is 3. The van der Waals surface area contributed by atoms with Gasteiger partial charge in [-0.2, -0.15) is 0 Å². The average molecular weight is 240 g/mol. The fraction of sp³-hybridized carbons (Fsp3) is 0.200. The van der Waals surface area contributed by atoms with Crippen molar-refractivity contribution in [2.45, 2.75) is 6.42 Å². The fourth-order valence-electron chi connectivity index (χ4n) is 1.37. The summed E-state index contributed by atoms with van der Waals surface area (Å²) < 4.78 is 10.5. The molecule has 0 saturated heterocycles. The minimum absolute atomic E-state index is 0.0870. The van der Waals surface area contributed by atoms with Gasteiger partial charge in [-0.15, -0.1) is 0 Å². The van der Waals surface area contributed by atoms with Crippen LogP contribution < -0.4 is 9.47 Å². The third-order valence-corrected chi connectivity index (χ3v) is 2.18. The van der Waals surface area contributed by atoms with Gasteiger partial charge in [-0.1, -0.05) is 23.7 Å². The smallest absolute Gasteiger partial charge is 0.231 e. The third kappa shape index (κ3) is 3.31. The summed E-state index contributed by atoms with van der Waals surface area (Å²) in [5.74, 6) is 12.9. The van der Waals surface area contributed by atoms with Crippen LogP contribution in [-0.4, -0.2) is 18.5 Å². The molecule has 18 heavy (non-hydrogen) atoms. The molecule has 0 unspecified atom stereocenters. The molecule has 1 aromatic rings. The number of hydrogen-bond donors (Lipinski definition) is 1. The number of ether oxygens (including phenoxy) is 2. The SMILES string of the molecule is OCCC#C/C=C\C#Cc1ccc2c(c1)OCO2. The Labute approximate surface area is 106 Å². The minimum atomic E-state index is 0.0870. The molecule has 0 bridgehead atoms. The monoisotopic (exact) mass is 240 g/mol. The summed E-state index contributed by atoms with van der Waals surface area (Å²) in [6.07, 6.45) is 3.82.